The van der Waals surface area contributed by atoms with Crippen molar-refractivity contribution in [2.75, 3.05) is 19.6 Å². The van der Waals surface area contributed by atoms with E-state index < -0.39 is 22.0 Å². The van der Waals surface area contributed by atoms with E-state index in [4.69, 9.17) is 5.73 Å². The van der Waals surface area contributed by atoms with Crippen molar-refractivity contribution in [3.8, 4) is 0 Å². The number of benzene rings is 2. The van der Waals surface area contributed by atoms with Crippen molar-refractivity contribution in [2.45, 2.75) is 18.3 Å². The lowest BCUT2D eigenvalue weighted by Gasteiger charge is -2.39. The van der Waals surface area contributed by atoms with Gasteiger partial charge < -0.3 is 5.73 Å². The molecule has 2 N–H and O–H groups in total. The topological polar surface area (TPSA) is 83.7 Å². The van der Waals surface area contributed by atoms with E-state index in [0.717, 1.165) is 5.56 Å². The van der Waals surface area contributed by atoms with E-state index in [1.807, 2.05) is 36.4 Å². The lowest BCUT2D eigenvalue weighted by atomic mass is 10.1. The standard InChI is InChI=1S/C19H23N3O3S/c20-19(23)18-14-21(13-16-7-3-1-4-8-16)11-12-22(18)26(24,25)15-17-9-5-2-6-10-17/h1-10,18H,11-15H2,(H2,20,23)/t18-/m1/s1. The molecule has 1 atom stereocenters. The average Bonchev–Trinajstić information content (AvgIpc) is 2.63. The number of hydrogen-bond acceptors (Lipinski definition) is 4. The fraction of sp³-hybridized carbons (Fsp3) is 0.316. The van der Waals surface area contributed by atoms with Crippen molar-refractivity contribution in [1.82, 2.24) is 9.21 Å². The van der Waals surface area contributed by atoms with Crippen LogP contribution in [0.3, 0.4) is 0 Å². The molecule has 0 radical (unpaired) electrons. The number of nitrogens with zero attached hydrogens (tertiary/aromatic N) is 2. The zero-order chi connectivity index (χ0) is 18.6. The summed E-state index contributed by atoms with van der Waals surface area (Å²) in [6, 6.07) is 18.0. The van der Waals surface area contributed by atoms with Crippen molar-refractivity contribution in [1.29, 1.82) is 0 Å². The SMILES string of the molecule is NC(=O)[C@H]1CN(Cc2ccccc2)CCN1S(=O)(=O)Cc1ccccc1. The van der Waals surface area contributed by atoms with Crippen LogP contribution in [0.5, 0.6) is 0 Å². The Morgan fingerprint density at radius 2 is 1.54 bits per heavy atom. The van der Waals surface area contributed by atoms with E-state index in [1.54, 1.807) is 24.3 Å². The van der Waals surface area contributed by atoms with Crippen molar-refractivity contribution >= 4 is 15.9 Å². The van der Waals surface area contributed by atoms with Crippen LogP contribution in [-0.2, 0) is 27.1 Å². The van der Waals surface area contributed by atoms with Gasteiger partial charge in [-0.3, -0.25) is 9.69 Å². The van der Waals surface area contributed by atoms with Crippen molar-refractivity contribution in [2.24, 2.45) is 5.73 Å². The molecule has 1 heterocycles. The summed E-state index contributed by atoms with van der Waals surface area (Å²) in [4.78, 5) is 14.0. The van der Waals surface area contributed by atoms with Gasteiger partial charge in [-0.2, -0.15) is 4.31 Å². The third-order valence-corrected chi connectivity index (χ3v) is 6.39. The zero-order valence-corrected chi connectivity index (χ0v) is 15.3. The molecule has 1 saturated heterocycles. The number of carbonyl (C=O) groups excluding carboxylic acids is 1. The van der Waals surface area contributed by atoms with Crippen LogP contribution in [0.25, 0.3) is 0 Å². The summed E-state index contributed by atoms with van der Waals surface area (Å²) in [6.45, 7) is 1.79. The highest BCUT2D eigenvalue weighted by atomic mass is 32.2. The van der Waals surface area contributed by atoms with Gasteiger partial charge in [0.1, 0.15) is 6.04 Å². The molecule has 138 valence electrons. The van der Waals surface area contributed by atoms with Crippen LogP contribution in [0, 0.1) is 0 Å². The minimum Gasteiger partial charge on any atom is -0.368 e. The maximum Gasteiger partial charge on any atom is 0.237 e. The predicted octanol–water partition coefficient (Wildman–Crippen LogP) is 1.19. The molecule has 7 heteroatoms. The summed E-state index contributed by atoms with van der Waals surface area (Å²) >= 11 is 0. The highest BCUT2D eigenvalue weighted by Gasteiger charge is 2.38. The molecule has 0 spiro atoms. The van der Waals surface area contributed by atoms with E-state index in [0.29, 0.717) is 25.2 Å². The van der Waals surface area contributed by atoms with Gasteiger partial charge in [-0.25, -0.2) is 8.42 Å². The summed E-state index contributed by atoms with van der Waals surface area (Å²) in [5, 5.41) is 0. The summed E-state index contributed by atoms with van der Waals surface area (Å²) in [7, 11) is -3.62. The number of carbonyl (C=O) groups is 1. The molecular weight excluding hydrogens is 350 g/mol. The fourth-order valence-electron chi connectivity index (χ4n) is 3.24. The number of nitrogens with two attached hydrogens (primary N) is 1. The second kappa shape index (κ2) is 7.99. The van der Waals surface area contributed by atoms with Crippen LogP contribution in [-0.4, -0.2) is 49.2 Å². The Balaban J connectivity index is 1.73. The molecule has 0 aliphatic carbocycles. The maximum absolute atomic E-state index is 12.8. The molecule has 0 bridgehead atoms. The van der Waals surface area contributed by atoms with Gasteiger partial charge in [0.2, 0.25) is 15.9 Å². The molecule has 0 aromatic heterocycles. The van der Waals surface area contributed by atoms with E-state index >= 15 is 0 Å². The third-order valence-electron chi connectivity index (χ3n) is 4.54. The molecule has 1 aliphatic rings. The number of hydrogen-bond donors (Lipinski definition) is 1. The number of rotatable bonds is 6. The molecule has 6 nitrogen and oxygen atoms in total. The van der Waals surface area contributed by atoms with Crippen LogP contribution in [0.1, 0.15) is 11.1 Å². The quantitative estimate of drug-likeness (QED) is 0.824. The van der Waals surface area contributed by atoms with Crippen LogP contribution in [0.15, 0.2) is 60.7 Å². The van der Waals surface area contributed by atoms with Gasteiger partial charge in [-0.15, -0.1) is 0 Å². The van der Waals surface area contributed by atoms with Gasteiger partial charge in [0.25, 0.3) is 0 Å². The molecule has 0 unspecified atom stereocenters. The van der Waals surface area contributed by atoms with E-state index in [2.05, 4.69) is 4.90 Å². The lowest BCUT2D eigenvalue weighted by Crippen LogP contribution is -2.59. The second-order valence-electron chi connectivity index (χ2n) is 6.49. The number of primary amides is 1. The molecule has 1 fully saturated rings. The van der Waals surface area contributed by atoms with Crippen molar-refractivity contribution in [3.63, 3.8) is 0 Å². The molecule has 1 aliphatic heterocycles. The molecule has 2 aromatic rings. The first-order valence-electron chi connectivity index (χ1n) is 8.55. The largest absolute Gasteiger partial charge is 0.368 e. The minimum absolute atomic E-state index is 0.129. The van der Waals surface area contributed by atoms with E-state index in [9.17, 15) is 13.2 Å². The Hall–Kier alpha value is -2.22. The molecule has 2 aromatic carbocycles. The van der Waals surface area contributed by atoms with Crippen molar-refractivity contribution in [3.05, 3.63) is 71.8 Å². The Labute approximate surface area is 154 Å². The molecule has 3 rings (SSSR count). The summed E-state index contributed by atoms with van der Waals surface area (Å²) in [5.74, 6) is -0.740. The minimum atomic E-state index is -3.62. The van der Waals surface area contributed by atoms with Gasteiger partial charge in [0, 0.05) is 26.2 Å². The normalized spacial score (nSPS) is 19.3. The van der Waals surface area contributed by atoms with Gasteiger partial charge in [0.05, 0.1) is 5.75 Å². The Bertz CT molecular complexity index is 841. The Kier molecular flexibility index (Phi) is 5.70. The fourth-order valence-corrected chi connectivity index (χ4v) is 4.94. The number of piperazine rings is 1. The Morgan fingerprint density at radius 3 is 2.12 bits per heavy atom. The first kappa shape index (κ1) is 18.6. The van der Waals surface area contributed by atoms with Crippen LogP contribution >= 0.6 is 0 Å². The van der Waals surface area contributed by atoms with E-state index in [-0.39, 0.29) is 12.3 Å². The van der Waals surface area contributed by atoms with Gasteiger partial charge in [-0.1, -0.05) is 60.7 Å². The summed E-state index contributed by atoms with van der Waals surface area (Å²) < 4.78 is 26.9. The monoisotopic (exact) mass is 373 g/mol. The first-order valence-corrected chi connectivity index (χ1v) is 10.2. The Morgan fingerprint density at radius 1 is 0.962 bits per heavy atom. The highest BCUT2D eigenvalue weighted by molar-refractivity contribution is 7.88. The van der Waals surface area contributed by atoms with Gasteiger partial charge in [-0.05, 0) is 11.1 Å². The van der Waals surface area contributed by atoms with Crippen molar-refractivity contribution < 1.29 is 13.2 Å². The molecule has 26 heavy (non-hydrogen) atoms. The van der Waals surface area contributed by atoms with Gasteiger partial charge in [0.15, 0.2) is 0 Å². The maximum atomic E-state index is 12.8. The highest BCUT2D eigenvalue weighted by Crippen LogP contribution is 2.19. The first-order chi connectivity index (χ1) is 12.5. The predicted molar refractivity (Wildman–Crippen MR) is 100 cm³/mol. The van der Waals surface area contributed by atoms with Gasteiger partial charge >= 0.3 is 0 Å². The summed E-state index contributed by atoms with van der Waals surface area (Å²) in [6.07, 6.45) is 0. The average molecular weight is 373 g/mol. The second-order valence-corrected chi connectivity index (χ2v) is 8.41. The van der Waals surface area contributed by atoms with Crippen LogP contribution in [0.4, 0.5) is 0 Å². The van der Waals surface area contributed by atoms with E-state index in [1.165, 1.54) is 4.31 Å². The molecule has 0 saturated carbocycles. The number of amides is 1. The summed E-state index contributed by atoms with van der Waals surface area (Å²) in [5.41, 5.74) is 7.35. The third kappa shape index (κ3) is 4.49. The zero-order valence-electron chi connectivity index (χ0n) is 14.5. The molecular formula is C19H23N3O3S. The number of sulfonamides is 1. The van der Waals surface area contributed by atoms with Crippen LogP contribution in [0.2, 0.25) is 0 Å². The lowest BCUT2D eigenvalue weighted by molar-refractivity contribution is -0.123. The smallest absolute Gasteiger partial charge is 0.237 e. The van der Waals surface area contributed by atoms with Crippen LogP contribution < -0.4 is 5.73 Å². The molecule has 1 amide bonds.